The molecule has 0 saturated heterocycles. The molecule has 0 unspecified atom stereocenters. The molecule has 6 heteroatoms. The molecule has 0 spiro atoms. The quantitative estimate of drug-likeness (QED) is 0.633. The second-order valence-electron chi connectivity index (χ2n) is 4.73. The van der Waals surface area contributed by atoms with Gasteiger partial charge in [-0.15, -0.1) is 18.2 Å². The van der Waals surface area contributed by atoms with Crippen LogP contribution in [-0.2, 0) is 0 Å². The summed E-state index contributed by atoms with van der Waals surface area (Å²) in [6.07, 6.45) is 7.06. The number of amides is 2. The smallest absolute Gasteiger partial charge is 0.257 e. The SMILES string of the molecule is C#CCNC(=O)c1ccccc1NC(=O)c1cc(SC)ccc1Cl. The topological polar surface area (TPSA) is 58.2 Å². The van der Waals surface area contributed by atoms with Crippen molar-refractivity contribution in [2.45, 2.75) is 4.90 Å². The molecule has 0 bridgehead atoms. The van der Waals surface area contributed by atoms with Crippen molar-refractivity contribution in [2.24, 2.45) is 0 Å². The second-order valence-corrected chi connectivity index (χ2v) is 6.02. The average Bonchev–Trinajstić information content (AvgIpc) is 2.60. The standard InChI is InChI=1S/C18H15ClN2O2S/c1-3-10-20-17(22)13-6-4-5-7-16(13)21-18(23)14-11-12(24-2)8-9-15(14)19/h1,4-9,11H,10H2,2H3,(H,20,22)(H,21,23). The van der Waals surface area contributed by atoms with Crippen LogP contribution in [0.25, 0.3) is 0 Å². The number of hydrogen-bond donors (Lipinski definition) is 2. The molecule has 0 fully saturated rings. The molecule has 2 rings (SSSR count). The van der Waals surface area contributed by atoms with E-state index in [4.69, 9.17) is 18.0 Å². The van der Waals surface area contributed by atoms with E-state index < -0.39 is 0 Å². The van der Waals surface area contributed by atoms with Crippen molar-refractivity contribution < 1.29 is 9.59 Å². The van der Waals surface area contributed by atoms with Crippen molar-refractivity contribution in [3.63, 3.8) is 0 Å². The zero-order chi connectivity index (χ0) is 17.5. The van der Waals surface area contributed by atoms with Gasteiger partial charge in [-0.3, -0.25) is 9.59 Å². The first kappa shape index (κ1) is 17.9. The van der Waals surface area contributed by atoms with Gasteiger partial charge >= 0.3 is 0 Å². The minimum atomic E-state index is -0.381. The fourth-order valence-electron chi connectivity index (χ4n) is 2.01. The summed E-state index contributed by atoms with van der Waals surface area (Å²) >= 11 is 7.62. The highest BCUT2D eigenvalue weighted by atomic mass is 35.5. The molecule has 0 saturated carbocycles. The molecule has 24 heavy (non-hydrogen) atoms. The number of benzene rings is 2. The number of hydrogen-bond acceptors (Lipinski definition) is 3. The minimum Gasteiger partial charge on any atom is -0.341 e. The van der Waals surface area contributed by atoms with E-state index in [9.17, 15) is 9.59 Å². The summed E-state index contributed by atoms with van der Waals surface area (Å²) in [7, 11) is 0. The molecule has 4 nitrogen and oxygen atoms in total. The first-order chi connectivity index (χ1) is 11.6. The lowest BCUT2D eigenvalue weighted by atomic mass is 10.1. The first-order valence-electron chi connectivity index (χ1n) is 7.02. The predicted molar refractivity (Wildman–Crippen MR) is 98.8 cm³/mol. The average molecular weight is 359 g/mol. The van der Waals surface area contributed by atoms with Crippen molar-refractivity contribution in [3.8, 4) is 12.3 Å². The Hall–Kier alpha value is -2.42. The lowest BCUT2D eigenvalue weighted by molar-refractivity contribution is 0.0959. The number of terminal acetylenes is 1. The summed E-state index contributed by atoms with van der Waals surface area (Å²) in [5.41, 5.74) is 1.07. The lowest BCUT2D eigenvalue weighted by Gasteiger charge is -2.12. The summed E-state index contributed by atoms with van der Waals surface area (Å²) in [6.45, 7) is 0.114. The van der Waals surface area contributed by atoms with Crippen molar-refractivity contribution in [1.82, 2.24) is 5.32 Å². The number of anilines is 1. The van der Waals surface area contributed by atoms with E-state index in [1.54, 1.807) is 36.4 Å². The van der Waals surface area contributed by atoms with E-state index in [-0.39, 0.29) is 18.4 Å². The zero-order valence-corrected chi connectivity index (χ0v) is 14.5. The van der Waals surface area contributed by atoms with Crippen molar-refractivity contribution in [3.05, 3.63) is 58.6 Å². The van der Waals surface area contributed by atoms with Gasteiger partial charge in [-0.1, -0.05) is 29.7 Å². The molecule has 0 aliphatic heterocycles. The maximum Gasteiger partial charge on any atom is 0.257 e. The number of carbonyl (C=O) groups is 2. The van der Waals surface area contributed by atoms with Gasteiger partial charge in [0, 0.05) is 4.90 Å². The molecule has 2 amide bonds. The fraction of sp³-hybridized carbons (Fsp3) is 0.111. The largest absolute Gasteiger partial charge is 0.341 e. The van der Waals surface area contributed by atoms with Crippen LogP contribution >= 0.6 is 23.4 Å². The Bertz CT molecular complexity index is 815. The Morgan fingerprint density at radius 2 is 1.92 bits per heavy atom. The summed E-state index contributed by atoms with van der Waals surface area (Å²) in [4.78, 5) is 25.6. The predicted octanol–water partition coefficient (Wildman–Crippen LogP) is 3.68. The Kier molecular flexibility index (Phi) is 6.30. The Morgan fingerprint density at radius 3 is 2.62 bits per heavy atom. The van der Waals surface area contributed by atoms with Gasteiger partial charge in [0.25, 0.3) is 11.8 Å². The molecule has 2 aromatic carbocycles. The third kappa shape index (κ3) is 4.31. The Labute approximate surface area is 150 Å². The van der Waals surface area contributed by atoms with Crippen LogP contribution in [0, 0.1) is 12.3 Å². The van der Waals surface area contributed by atoms with E-state index in [0.717, 1.165) is 4.90 Å². The monoisotopic (exact) mass is 358 g/mol. The van der Waals surface area contributed by atoms with Gasteiger partial charge in [-0.25, -0.2) is 0 Å². The first-order valence-corrected chi connectivity index (χ1v) is 8.62. The number of nitrogens with one attached hydrogen (secondary N) is 2. The molecule has 122 valence electrons. The highest BCUT2D eigenvalue weighted by Gasteiger charge is 2.16. The van der Waals surface area contributed by atoms with Crippen LogP contribution in [0.15, 0.2) is 47.4 Å². The van der Waals surface area contributed by atoms with Gasteiger partial charge in [0.05, 0.1) is 28.4 Å². The normalized spacial score (nSPS) is 9.88. The van der Waals surface area contributed by atoms with Crippen LogP contribution in [0.3, 0.4) is 0 Å². The molecule has 0 heterocycles. The van der Waals surface area contributed by atoms with Gasteiger partial charge in [0.2, 0.25) is 0 Å². The maximum atomic E-state index is 12.5. The lowest BCUT2D eigenvalue weighted by Crippen LogP contribution is -2.25. The molecule has 0 aromatic heterocycles. The fourth-order valence-corrected chi connectivity index (χ4v) is 2.65. The van der Waals surface area contributed by atoms with E-state index in [2.05, 4.69) is 16.6 Å². The van der Waals surface area contributed by atoms with E-state index >= 15 is 0 Å². The highest BCUT2D eigenvalue weighted by molar-refractivity contribution is 7.98. The molecule has 0 aliphatic carbocycles. The number of para-hydroxylation sites is 1. The Morgan fingerprint density at radius 1 is 1.17 bits per heavy atom. The van der Waals surface area contributed by atoms with Gasteiger partial charge < -0.3 is 10.6 Å². The summed E-state index contributed by atoms with van der Waals surface area (Å²) in [6, 6.07) is 11.9. The van der Waals surface area contributed by atoms with Crippen LogP contribution in [0.2, 0.25) is 5.02 Å². The van der Waals surface area contributed by atoms with Gasteiger partial charge in [0.15, 0.2) is 0 Å². The van der Waals surface area contributed by atoms with Crippen LogP contribution in [0.4, 0.5) is 5.69 Å². The Balaban J connectivity index is 2.27. The zero-order valence-electron chi connectivity index (χ0n) is 12.9. The summed E-state index contributed by atoms with van der Waals surface area (Å²) < 4.78 is 0. The molecule has 0 aliphatic rings. The van der Waals surface area contributed by atoms with Crippen LogP contribution in [-0.4, -0.2) is 24.6 Å². The van der Waals surface area contributed by atoms with E-state index in [1.807, 2.05) is 12.3 Å². The van der Waals surface area contributed by atoms with Crippen molar-refractivity contribution in [2.75, 3.05) is 18.1 Å². The van der Waals surface area contributed by atoms with Crippen LogP contribution in [0.5, 0.6) is 0 Å². The number of carbonyl (C=O) groups excluding carboxylic acids is 2. The van der Waals surface area contributed by atoms with Crippen molar-refractivity contribution in [1.29, 1.82) is 0 Å². The molecular weight excluding hydrogens is 344 g/mol. The van der Waals surface area contributed by atoms with E-state index in [0.29, 0.717) is 21.8 Å². The van der Waals surface area contributed by atoms with Gasteiger partial charge in [0.1, 0.15) is 0 Å². The minimum absolute atomic E-state index is 0.114. The molecule has 0 atom stereocenters. The van der Waals surface area contributed by atoms with Gasteiger partial charge in [-0.2, -0.15) is 0 Å². The number of halogens is 1. The molecular formula is C18H15ClN2O2S. The molecule has 0 radical (unpaired) electrons. The van der Waals surface area contributed by atoms with Gasteiger partial charge in [-0.05, 0) is 36.6 Å². The third-order valence-electron chi connectivity index (χ3n) is 3.19. The summed E-state index contributed by atoms with van der Waals surface area (Å²) in [5, 5.41) is 5.65. The van der Waals surface area contributed by atoms with Crippen LogP contribution in [0.1, 0.15) is 20.7 Å². The molecule has 2 aromatic rings. The number of thioether (sulfide) groups is 1. The number of rotatable bonds is 5. The van der Waals surface area contributed by atoms with Crippen LogP contribution < -0.4 is 10.6 Å². The third-order valence-corrected chi connectivity index (χ3v) is 4.24. The second kappa shape index (κ2) is 8.44. The highest BCUT2D eigenvalue weighted by Crippen LogP contribution is 2.24. The molecule has 2 N–H and O–H groups in total. The van der Waals surface area contributed by atoms with E-state index in [1.165, 1.54) is 11.8 Å². The summed E-state index contributed by atoms with van der Waals surface area (Å²) in [5.74, 6) is 1.60. The van der Waals surface area contributed by atoms with Crippen molar-refractivity contribution >= 4 is 40.9 Å². The maximum absolute atomic E-state index is 12.5.